The lowest BCUT2D eigenvalue weighted by atomic mass is 10.2. The van der Waals surface area contributed by atoms with Crippen LogP contribution in [0.15, 0.2) is 28.7 Å². The summed E-state index contributed by atoms with van der Waals surface area (Å²) in [5, 5.41) is 11.9. The maximum absolute atomic E-state index is 13.1. The summed E-state index contributed by atoms with van der Waals surface area (Å²) in [5.41, 5.74) is 1.33. The lowest BCUT2D eigenvalue weighted by molar-refractivity contribution is 0.0661. The van der Waals surface area contributed by atoms with Crippen LogP contribution in [0.5, 0.6) is 5.75 Å². The molecular weight excluding hydrogens is 265 g/mol. The number of halogens is 1. The number of hydrogen-bond acceptors (Lipinski definition) is 4. The summed E-state index contributed by atoms with van der Waals surface area (Å²) in [6.45, 7) is 2.04. The number of rotatable bonds is 5. The third kappa shape index (κ3) is 2.90. The van der Waals surface area contributed by atoms with Crippen LogP contribution in [0, 0.1) is 12.7 Å². The van der Waals surface area contributed by atoms with Gasteiger partial charge in [0, 0.05) is 18.2 Å². The molecule has 0 bridgehead atoms. The van der Waals surface area contributed by atoms with Crippen LogP contribution in [0.25, 0.3) is 0 Å². The highest BCUT2D eigenvalue weighted by Gasteiger charge is 2.13. The monoisotopic (exact) mass is 279 g/mol. The van der Waals surface area contributed by atoms with Crippen molar-refractivity contribution in [2.45, 2.75) is 13.5 Å². The van der Waals surface area contributed by atoms with E-state index >= 15 is 0 Å². The van der Waals surface area contributed by atoms with E-state index < -0.39 is 5.97 Å². The third-order valence-electron chi connectivity index (χ3n) is 2.86. The number of hydrogen-bond donors (Lipinski definition) is 2. The van der Waals surface area contributed by atoms with E-state index in [-0.39, 0.29) is 11.6 Å². The molecule has 0 radical (unpaired) electrons. The number of carbonyl (C=O) groups is 1. The first-order valence-corrected chi connectivity index (χ1v) is 5.91. The highest BCUT2D eigenvalue weighted by molar-refractivity contribution is 5.84. The number of carboxylic acids is 1. The van der Waals surface area contributed by atoms with Crippen LogP contribution in [-0.2, 0) is 6.54 Å². The van der Waals surface area contributed by atoms with E-state index in [1.165, 1.54) is 25.3 Å². The molecule has 0 aliphatic heterocycles. The average Bonchev–Trinajstić information content (AvgIpc) is 2.79. The molecule has 5 nitrogen and oxygen atoms in total. The first kappa shape index (κ1) is 13.9. The zero-order valence-corrected chi connectivity index (χ0v) is 11.1. The lowest BCUT2D eigenvalue weighted by Crippen LogP contribution is -2.02. The predicted molar refractivity (Wildman–Crippen MR) is 70.7 cm³/mol. The number of anilines is 1. The Morgan fingerprint density at radius 3 is 2.80 bits per heavy atom. The Kier molecular flexibility index (Phi) is 3.93. The van der Waals surface area contributed by atoms with Crippen LogP contribution in [0.1, 0.15) is 21.9 Å². The first-order chi connectivity index (χ1) is 9.51. The smallest absolute Gasteiger partial charge is 0.371 e. The highest BCUT2D eigenvalue weighted by atomic mass is 19.1. The topological polar surface area (TPSA) is 71.7 Å². The van der Waals surface area contributed by atoms with Gasteiger partial charge in [0.1, 0.15) is 17.3 Å². The Morgan fingerprint density at radius 2 is 2.20 bits per heavy atom. The molecule has 0 unspecified atom stereocenters. The van der Waals surface area contributed by atoms with Crippen LogP contribution >= 0.6 is 0 Å². The summed E-state index contributed by atoms with van der Waals surface area (Å²) in [6, 6.07) is 5.60. The fraction of sp³-hybridized carbons (Fsp3) is 0.214. The van der Waals surface area contributed by atoms with Crippen molar-refractivity contribution in [2.75, 3.05) is 12.4 Å². The lowest BCUT2D eigenvalue weighted by Gasteiger charge is -2.10. The van der Waals surface area contributed by atoms with Gasteiger partial charge in [-0.1, -0.05) is 0 Å². The predicted octanol–water partition coefficient (Wildman–Crippen LogP) is 3.05. The quantitative estimate of drug-likeness (QED) is 0.880. The SMILES string of the molecule is COc1cc(F)ccc1NCc1cc(C(=O)O)oc1C. The van der Waals surface area contributed by atoms with Crippen molar-refractivity contribution in [3.63, 3.8) is 0 Å². The molecule has 0 saturated heterocycles. The van der Waals surface area contributed by atoms with E-state index in [1.807, 2.05) is 0 Å². The molecule has 0 saturated carbocycles. The van der Waals surface area contributed by atoms with Crippen LogP contribution in [0.4, 0.5) is 10.1 Å². The van der Waals surface area contributed by atoms with E-state index in [1.54, 1.807) is 13.0 Å². The summed E-state index contributed by atoms with van der Waals surface area (Å²) >= 11 is 0. The van der Waals surface area contributed by atoms with E-state index in [0.29, 0.717) is 29.3 Å². The minimum atomic E-state index is -1.11. The molecule has 2 N–H and O–H groups in total. The maximum atomic E-state index is 13.1. The Bertz CT molecular complexity index is 636. The van der Waals surface area contributed by atoms with Crippen molar-refractivity contribution >= 4 is 11.7 Å². The van der Waals surface area contributed by atoms with Crippen molar-refractivity contribution in [1.82, 2.24) is 0 Å². The van der Waals surface area contributed by atoms with Gasteiger partial charge in [-0.25, -0.2) is 9.18 Å². The van der Waals surface area contributed by atoms with Crippen LogP contribution in [0.3, 0.4) is 0 Å². The Hall–Kier alpha value is -2.50. The summed E-state index contributed by atoms with van der Waals surface area (Å²) < 4.78 is 23.2. The number of aromatic carboxylic acids is 1. The molecule has 6 heteroatoms. The molecule has 1 aromatic carbocycles. The molecule has 0 atom stereocenters. The largest absolute Gasteiger partial charge is 0.494 e. The second-order valence-electron chi connectivity index (χ2n) is 4.20. The first-order valence-electron chi connectivity index (χ1n) is 5.91. The average molecular weight is 279 g/mol. The molecule has 1 heterocycles. The number of ether oxygens (including phenoxy) is 1. The number of benzene rings is 1. The van der Waals surface area contributed by atoms with Gasteiger partial charge in [-0.15, -0.1) is 0 Å². The highest BCUT2D eigenvalue weighted by Crippen LogP contribution is 2.26. The van der Waals surface area contributed by atoms with E-state index in [2.05, 4.69) is 5.32 Å². The Balaban J connectivity index is 2.14. The normalized spacial score (nSPS) is 10.3. The third-order valence-corrected chi connectivity index (χ3v) is 2.86. The van der Waals surface area contributed by atoms with Gasteiger partial charge in [0.05, 0.1) is 12.8 Å². The number of methoxy groups -OCH3 is 1. The summed E-state index contributed by atoms with van der Waals surface area (Å²) in [6.07, 6.45) is 0. The molecule has 0 aliphatic carbocycles. The van der Waals surface area contributed by atoms with Gasteiger partial charge in [0.2, 0.25) is 5.76 Å². The van der Waals surface area contributed by atoms with Gasteiger partial charge in [-0.3, -0.25) is 0 Å². The number of furan rings is 1. The standard InChI is InChI=1S/C14H14FNO4/c1-8-9(5-13(20-8)14(17)18)7-16-11-4-3-10(15)6-12(11)19-2/h3-6,16H,7H2,1-2H3,(H,17,18). The van der Waals surface area contributed by atoms with Crippen molar-refractivity contribution in [3.8, 4) is 5.75 Å². The minimum Gasteiger partial charge on any atom is -0.494 e. The molecule has 0 amide bonds. The fourth-order valence-corrected chi connectivity index (χ4v) is 1.80. The van der Waals surface area contributed by atoms with Gasteiger partial charge in [-0.2, -0.15) is 0 Å². The molecular formula is C14H14FNO4. The Morgan fingerprint density at radius 1 is 1.45 bits per heavy atom. The number of carboxylic acid groups (broad SMARTS) is 1. The van der Waals surface area contributed by atoms with Gasteiger partial charge in [0.25, 0.3) is 0 Å². The van der Waals surface area contributed by atoms with Crippen molar-refractivity contribution in [2.24, 2.45) is 0 Å². The molecule has 106 valence electrons. The zero-order chi connectivity index (χ0) is 14.7. The molecule has 0 fully saturated rings. The molecule has 20 heavy (non-hydrogen) atoms. The second kappa shape index (κ2) is 5.64. The van der Waals surface area contributed by atoms with Gasteiger partial charge >= 0.3 is 5.97 Å². The summed E-state index contributed by atoms with van der Waals surface area (Å²) in [7, 11) is 1.45. The van der Waals surface area contributed by atoms with Crippen molar-refractivity contribution < 1.29 is 23.4 Å². The van der Waals surface area contributed by atoms with Crippen molar-refractivity contribution in [1.29, 1.82) is 0 Å². The van der Waals surface area contributed by atoms with Crippen LogP contribution < -0.4 is 10.1 Å². The van der Waals surface area contributed by atoms with E-state index in [0.717, 1.165) is 0 Å². The second-order valence-corrected chi connectivity index (χ2v) is 4.20. The minimum absolute atomic E-state index is 0.106. The summed E-state index contributed by atoms with van der Waals surface area (Å²) in [4.78, 5) is 10.8. The number of nitrogens with one attached hydrogen (secondary N) is 1. The summed E-state index contributed by atoms with van der Waals surface area (Å²) in [5.74, 6) is -0.704. The van der Waals surface area contributed by atoms with Gasteiger partial charge in [-0.05, 0) is 25.1 Å². The van der Waals surface area contributed by atoms with Crippen LogP contribution in [-0.4, -0.2) is 18.2 Å². The molecule has 1 aromatic heterocycles. The fourth-order valence-electron chi connectivity index (χ4n) is 1.80. The molecule has 2 aromatic rings. The zero-order valence-electron chi connectivity index (χ0n) is 11.1. The Labute approximate surface area is 115 Å². The molecule has 2 rings (SSSR count). The molecule has 0 aliphatic rings. The van der Waals surface area contributed by atoms with Gasteiger partial charge < -0.3 is 19.6 Å². The number of aryl methyl sites for hydroxylation is 1. The van der Waals surface area contributed by atoms with E-state index in [9.17, 15) is 9.18 Å². The maximum Gasteiger partial charge on any atom is 0.371 e. The van der Waals surface area contributed by atoms with E-state index in [4.69, 9.17) is 14.3 Å². The van der Waals surface area contributed by atoms with Crippen LogP contribution in [0.2, 0.25) is 0 Å². The van der Waals surface area contributed by atoms with Gasteiger partial charge in [0.15, 0.2) is 0 Å². The van der Waals surface area contributed by atoms with Crippen molar-refractivity contribution in [3.05, 3.63) is 47.2 Å². The molecule has 0 spiro atoms.